The van der Waals surface area contributed by atoms with Crippen molar-refractivity contribution in [3.05, 3.63) is 146 Å². The number of aliphatic hydroxyl groups excluding tert-OH is 5. The fourth-order valence-electron chi connectivity index (χ4n) is 8.80. The fraction of sp³-hybridized carbons (Fsp3) is 0.629. The molecule has 0 spiro atoms. The van der Waals surface area contributed by atoms with Crippen LogP contribution in [0.15, 0.2) is 146 Å². The average molecular weight is 1130 g/mol. The maximum absolute atomic E-state index is 13.4. The molecule has 458 valence electrons. The zero-order valence-electron chi connectivity index (χ0n) is 50.6. The van der Waals surface area contributed by atoms with E-state index in [4.69, 9.17) is 14.2 Å². The van der Waals surface area contributed by atoms with Gasteiger partial charge in [-0.2, -0.15) is 0 Å². The Bertz CT molecular complexity index is 1870. The van der Waals surface area contributed by atoms with Gasteiger partial charge >= 0.3 is 5.97 Å². The van der Waals surface area contributed by atoms with Crippen molar-refractivity contribution in [3.63, 3.8) is 0 Å². The fourth-order valence-corrected chi connectivity index (χ4v) is 8.80. The molecule has 1 amide bonds. The first-order valence-corrected chi connectivity index (χ1v) is 31.6. The first-order chi connectivity index (χ1) is 39.7. The minimum Gasteiger partial charge on any atom is -0.454 e. The number of carbonyl (C=O) groups is 2. The van der Waals surface area contributed by atoms with Crippen LogP contribution in [0, 0.1) is 0 Å². The van der Waals surface area contributed by atoms with Crippen molar-refractivity contribution < 1.29 is 49.3 Å². The van der Waals surface area contributed by atoms with Gasteiger partial charge in [-0.1, -0.05) is 237 Å². The maximum atomic E-state index is 13.4. The van der Waals surface area contributed by atoms with Crippen LogP contribution in [-0.4, -0.2) is 99.6 Å². The van der Waals surface area contributed by atoms with Gasteiger partial charge in [0.15, 0.2) is 12.4 Å². The zero-order chi connectivity index (χ0) is 58.9. The van der Waals surface area contributed by atoms with E-state index in [1.165, 1.54) is 38.5 Å². The van der Waals surface area contributed by atoms with Gasteiger partial charge in [0.05, 0.1) is 25.4 Å². The Kier molecular flexibility index (Phi) is 51.6. The monoisotopic (exact) mass is 1130 g/mol. The molecule has 0 aliphatic carbocycles. The number of rotatable bonds is 51. The third kappa shape index (κ3) is 43.8. The van der Waals surface area contributed by atoms with E-state index in [-0.39, 0.29) is 19.4 Å². The number of ether oxygens (including phenoxy) is 3. The molecule has 8 atom stereocenters. The number of amides is 1. The highest BCUT2D eigenvalue weighted by atomic mass is 16.7. The van der Waals surface area contributed by atoms with Crippen LogP contribution in [-0.2, 0) is 23.8 Å². The number of hydrogen-bond donors (Lipinski definition) is 6. The molecule has 81 heavy (non-hydrogen) atoms. The second-order valence-corrected chi connectivity index (χ2v) is 21.0. The van der Waals surface area contributed by atoms with Gasteiger partial charge in [-0.15, -0.1) is 0 Å². The average Bonchev–Trinajstić information content (AvgIpc) is 3.51. The molecule has 0 aromatic carbocycles. The van der Waals surface area contributed by atoms with Crippen molar-refractivity contribution in [2.45, 2.75) is 269 Å². The Labute approximate surface area is 492 Å². The van der Waals surface area contributed by atoms with E-state index in [0.29, 0.717) is 19.3 Å². The lowest BCUT2D eigenvalue weighted by molar-refractivity contribution is -0.305. The standard InChI is InChI=1S/C70H113NO10/c1-4-7-10-13-16-19-22-24-26-28-30-32-34-36-38-40-43-46-49-52-55-58-65(75)81-68-67(77)66(76)64(59-72)80-70(68)79-60-61(62(73)56-53-50-47-44-41-21-18-15-12-9-6-3)71-69(78)63(74)57-54-51-48-45-42-39-37-35-33-31-29-27-25-23-20-17-14-11-8-5-2/h7-8,10-11,16-17,19-20,24-27,30-33,36-39,45,48,53,56,61-64,66-68,70,72-74,76-77H,4-6,9,12-15,18,21-23,28-29,34-35,40-44,46-47,49-52,54-55,57-60H2,1-3H3,(H,71,78)/b10-7-,11-8-,19-16-,20-17-,26-24-,27-25-,32-30-,33-31-,38-36-,39-37-,48-45-,56-53+. The van der Waals surface area contributed by atoms with Crippen molar-refractivity contribution in [3.8, 4) is 0 Å². The van der Waals surface area contributed by atoms with Gasteiger partial charge in [0, 0.05) is 6.42 Å². The summed E-state index contributed by atoms with van der Waals surface area (Å²) in [6.45, 7) is 5.50. The van der Waals surface area contributed by atoms with E-state index in [9.17, 15) is 35.1 Å². The van der Waals surface area contributed by atoms with E-state index in [2.05, 4.69) is 154 Å². The molecule has 6 N–H and O–H groups in total. The Balaban J connectivity index is 2.71. The number of hydrogen-bond acceptors (Lipinski definition) is 10. The number of carbonyl (C=O) groups excluding carboxylic acids is 2. The van der Waals surface area contributed by atoms with Crippen LogP contribution in [0.3, 0.4) is 0 Å². The molecular formula is C70H113NO10. The molecule has 1 heterocycles. The molecule has 0 aromatic heterocycles. The van der Waals surface area contributed by atoms with Crippen molar-refractivity contribution in [1.82, 2.24) is 5.32 Å². The van der Waals surface area contributed by atoms with Crippen molar-refractivity contribution in [2.75, 3.05) is 13.2 Å². The van der Waals surface area contributed by atoms with Gasteiger partial charge in [-0.3, -0.25) is 9.59 Å². The van der Waals surface area contributed by atoms with Crippen LogP contribution in [0.2, 0.25) is 0 Å². The zero-order valence-corrected chi connectivity index (χ0v) is 50.6. The molecule has 0 aromatic rings. The molecule has 8 unspecified atom stereocenters. The summed E-state index contributed by atoms with van der Waals surface area (Å²) in [5.74, 6) is -1.27. The normalized spacial score (nSPS) is 19.7. The Morgan fingerprint density at radius 3 is 1.33 bits per heavy atom. The molecule has 0 bridgehead atoms. The van der Waals surface area contributed by atoms with Crippen LogP contribution < -0.4 is 5.32 Å². The molecule has 11 nitrogen and oxygen atoms in total. The lowest BCUT2D eigenvalue weighted by atomic mass is 9.99. The third-order valence-corrected chi connectivity index (χ3v) is 13.7. The molecular weight excluding hydrogens is 1010 g/mol. The smallest absolute Gasteiger partial charge is 0.306 e. The largest absolute Gasteiger partial charge is 0.454 e. The third-order valence-electron chi connectivity index (χ3n) is 13.7. The number of nitrogens with one attached hydrogen (secondary N) is 1. The van der Waals surface area contributed by atoms with Crippen LogP contribution in [0.25, 0.3) is 0 Å². The second-order valence-electron chi connectivity index (χ2n) is 21.0. The van der Waals surface area contributed by atoms with E-state index < -0.39 is 67.4 Å². The predicted molar refractivity (Wildman–Crippen MR) is 337 cm³/mol. The highest BCUT2D eigenvalue weighted by molar-refractivity contribution is 5.80. The first-order valence-electron chi connectivity index (χ1n) is 31.6. The molecule has 1 saturated heterocycles. The summed E-state index contributed by atoms with van der Waals surface area (Å²) in [4.78, 5) is 26.6. The van der Waals surface area contributed by atoms with Gasteiger partial charge in [-0.25, -0.2) is 0 Å². The summed E-state index contributed by atoms with van der Waals surface area (Å²) < 4.78 is 17.6. The SMILES string of the molecule is CC/C=C\C/C=C\C/C=C\C/C=C\C/C=C\C/C=C\CCCC(O)C(=O)NC(COC1OC(CO)C(O)C(O)C1OC(=O)CCCCCCC/C=C\C/C=C\C/C=C\C/C=C\C/C=C\CC)C(O)/C=C/CCCCCCCCCCC. The van der Waals surface area contributed by atoms with E-state index in [0.717, 1.165) is 128 Å². The molecule has 11 heteroatoms. The van der Waals surface area contributed by atoms with Crippen LogP contribution in [0.4, 0.5) is 0 Å². The Hall–Kier alpha value is -4.46. The molecule has 1 fully saturated rings. The highest BCUT2D eigenvalue weighted by Gasteiger charge is 2.47. The summed E-state index contributed by atoms with van der Waals surface area (Å²) >= 11 is 0. The van der Waals surface area contributed by atoms with Crippen LogP contribution in [0.5, 0.6) is 0 Å². The molecule has 0 saturated carbocycles. The number of aliphatic hydroxyl groups is 5. The first kappa shape index (κ1) is 74.6. The van der Waals surface area contributed by atoms with Gasteiger partial charge in [0.25, 0.3) is 0 Å². The highest BCUT2D eigenvalue weighted by Crippen LogP contribution is 2.26. The maximum Gasteiger partial charge on any atom is 0.306 e. The van der Waals surface area contributed by atoms with E-state index >= 15 is 0 Å². The van der Waals surface area contributed by atoms with E-state index in [1.807, 2.05) is 12.2 Å². The predicted octanol–water partition coefficient (Wildman–Crippen LogP) is 15.4. The number of esters is 1. The van der Waals surface area contributed by atoms with Crippen molar-refractivity contribution in [2.24, 2.45) is 0 Å². The minimum atomic E-state index is -1.64. The lowest BCUT2D eigenvalue weighted by Crippen LogP contribution is -2.61. The Morgan fingerprint density at radius 2 is 0.889 bits per heavy atom. The van der Waals surface area contributed by atoms with Crippen molar-refractivity contribution >= 4 is 11.9 Å². The van der Waals surface area contributed by atoms with Gasteiger partial charge < -0.3 is 45.1 Å². The topological polar surface area (TPSA) is 175 Å². The van der Waals surface area contributed by atoms with Crippen LogP contribution >= 0.6 is 0 Å². The quantitative estimate of drug-likeness (QED) is 0.0195. The minimum absolute atomic E-state index is 0.0867. The molecule has 0 radical (unpaired) electrons. The van der Waals surface area contributed by atoms with Gasteiger partial charge in [-0.05, 0) is 122 Å². The Morgan fingerprint density at radius 1 is 0.494 bits per heavy atom. The summed E-state index contributed by atoms with van der Waals surface area (Å²) in [6.07, 6.45) is 70.3. The summed E-state index contributed by atoms with van der Waals surface area (Å²) in [5.41, 5.74) is 0. The number of unbranched alkanes of at least 4 members (excludes halogenated alkanes) is 15. The van der Waals surface area contributed by atoms with Crippen molar-refractivity contribution in [1.29, 1.82) is 0 Å². The summed E-state index contributed by atoms with van der Waals surface area (Å²) in [6, 6.07) is -1.06. The summed E-state index contributed by atoms with van der Waals surface area (Å²) in [5, 5.41) is 56.9. The lowest BCUT2D eigenvalue weighted by Gasteiger charge is -2.41. The molecule has 1 rings (SSSR count). The van der Waals surface area contributed by atoms with E-state index in [1.54, 1.807) is 6.08 Å². The second kappa shape index (κ2) is 56.0. The van der Waals surface area contributed by atoms with Crippen LogP contribution in [0.1, 0.15) is 220 Å². The number of allylic oxidation sites excluding steroid dienone is 23. The molecule has 1 aliphatic heterocycles. The van der Waals surface area contributed by atoms with Gasteiger partial charge in [0.2, 0.25) is 5.91 Å². The van der Waals surface area contributed by atoms with Gasteiger partial charge in [0.1, 0.15) is 24.4 Å². The molecule has 1 aliphatic rings. The summed E-state index contributed by atoms with van der Waals surface area (Å²) in [7, 11) is 0.